The van der Waals surface area contributed by atoms with Gasteiger partial charge in [0.05, 0.1) is 36.1 Å². The van der Waals surface area contributed by atoms with E-state index in [9.17, 15) is 23.7 Å². The summed E-state index contributed by atoms with van der Waals surface area (Å²) in [6.07, 6.45) is 0.122. The number of anilines is 1. The van der Waals surface area contributed by atoms with Crippen molar-refractivity contribution in [2.45, 2.75) is 99.0 Å². The molecule has 2 amide bonds. The van der Waals surface area contributed by atoms with Crippen molar-refractivity contribution in [2.75, 3.05) is 24.6 Å². The smallest absolute Gasteiger partial charge is 0.413 e. The van der Waals surface area contributed by atoms with E-state index >= 15 is 0 Å². The summed E-state index contributed by atoms with van der Waals surface area (Å²) in [5, 5.41) is 4.98. The van der Waals surface area contributed by atoms with Crippen LogP contribution in [0.2, 0.25) is 0 Å². The zero-order valence-corrected chi connectivity index (χ0v) is 26.5. The maximum Gasteiger partial charge on any atom is 0.413 e. The first-order valence-electron chi connectivity index (χ1n) is 13.1. The molecule has 0 spiro atoms. The molecule has 0 aliphatic carbocycles. The van der Waals surface area contributed by atoms with Gasteiger partial charge in [0.25, 0.3) is 0 Å². The third kappa shape index (κ3) is 15.4. The summed E-state index contributed by atoms with van der Waals surface area (Å²) in [5.74, 6) is 4.18. The number of aromatic nitrogens is 2. The highest BCUT2D eigenvalue weighted by Gasteiger charge is 2.35. The molecule has 0 saturated carbocycles. The minimum absolute atomic E-state index is 0.0932. The van der Waals surface area contributed by atoms with E-state index in [1.807, 2.05) is 0 Å². The molecular formula is C27H43N4O9P. The molecule has 14 heteroatoms. The number of amides is 2. The van der Waals surface area contributed by atoms with Gasteiger partial charge in [-0.15, -0.1) is 0 Å². The number of carbonyl (C=O) groups is 3. The highest BCUT2D eigenvalue weighted by Crippen LogP contribution is 2.54. The molecule has 1 aromatic heterocycles. The van der Waals surface area contributed by atoms with Crippen LogP contribution >= 0.6 is 7.60 Å². The maximum atomic E-state index is 13.3. The first-order valence-corrected chi connectivity index (χ1v) is 14.9. The van der Waals surface area contributed by atoms with Crippen LogP contribution in [0.25, 0.3) is 0 Å². The molecule has 0 atom stereocenters. The summed E-state index contributed by atoms with van der Waals surface area (Å²) in [7, 11) is -3.59. The van der Waals surface area contributed by atoms with Gasteiger partial charge >= 0.3 is 25.3 Å². The van der Waals surface area contributed by atoms with Crippen molar-refractivity contribution in [1.29, 1.82) is 0 Å². The van der Waals surface area contributed by atoms with Gasteiger partial charge in [-0.25, -0.2) is 9.59 Å². The summed E-state index contributed by atoms with van der Waals surface area (Å²) in [6.45, 7) is 16.7. The van der Waals surface area contributed by atoms with Gasteiger partial charge in [-0.3, -0.25) is 24.0 Å². The van der Waals surface area contributed by atoms with Gasteiger partial charge < -0.3 is 23.8 Å². The standard InChI is InChI=1S/C27H43N4O9P/c1-11-37-21(33)18-31-17-19(22(29-23(31)34)30-24(35)38-25(2,3)4)13-12-15-28-20(32)14-16-41(36,39-26(5,6)7)40-27(8,9)10/h17H,11,14-16,18H2,1-10H3,(H,28,32)(H,29,30,34,35). The summed E-state index contributed by atoms with van der Waals surface area (Å²) in [5.41, 5.74) is -3.02. The molecule has 0 radical (unpaired) electrons. The molecule has 0 bridgehead atoms. The third-order valence-electron chi connectivity index (χ3n) is 4.25. The minimum atomic E-state index is -3.59. The molecule has 0 aromatic carbocycles. The first kappa shape index (κ1) is 35.8. The number of esters is 1. The van der Waals surface area contributed by atoms with E-state index in [0.29, 0.717) is 0 Å². The fourth-order valence-corrected chi connectivity index (χ4v) is 5.46. The van der Waals surface area contributed by atoms with E-state index in [0.717, 1.165) is 4.57 Å². The van der Waals surface area contributed by atoms with Gasteiger partial charge in [-0.1, -0.05) is 11.8 Å². The molecule has 41 heavy (non-hydrogen) atoms. The molecule has 0 aliphatic rings. The Kier molecular flexibility index (Phi) is 12.8. The van der Waals surface area contributed by atoms with E-state index in [-0.39, 0.29) is 37.1 Å². The second kappa shape index (κ2) is 14.6. The third-order valence-corrected chi connectivity index (χ3v) is 6.68. The Labute approximate surface area is 241 Å². The highest BCUT2D eigenvalue weighted by molar-refractivity contribution is 7.54. The molecule has 0 saturated heterocycles. The van der Waals surface area contributed by atoms with Crippen molar-refractivity contribution in [3.8, 4) is 11.8 Å². The largest absolute Gasteiger partial charge is 0.465 e. The average molecular weight is 599 g/mol. The topological polar surface area (TPSA) is 164 Å². The highest BCUT2D eigenvalue weighted by atomic mass is 31.2. The Morgan fingerprint density at radius 3 is 2.10 bits per heavy atom. The van der Waals surface area contributed by atoms with Crippen molar-refractivity contribution >= 4 is 31.4 Å². The minimum Gasteiger partial charge on any atom is -0.465 e. The van der Waals surface area contributed by atoms with E-state index in [2.05, 4.69) is 27.5 Å². The number of rotatable bonds is 10. The molecule has 0 unspecified atom stereocenters. The average Bonchev–Trinajstić information content (AvgIpc) is 2.74. The van der Waals surface area contributed by atoms with Gasteiger partial charge in [0.1, 0.15) is 12.1 Å². The molecule has 1 aromatic rings. The lowest BCUT2D eigenvalue weighted by atomic mass is 10.2. The van der Waals surface area contributed by atoms with E-state index in [1.165, 1.54) is 6.20 Å². The van der Waals surface area contributed by atoms with Crippen molar-refractivity contribution in [3.63, 3.8) is 0 Å². The van der Waals surface area contributed by atoms with Crippen LogP contribution in [0.3, 0.4) is 0 Å². The van der Waals surface area contributed by atoms with E-state index < -0.39 is 54.6 Å². The molecular weight excluding hydrogens is 555 g/mol. The van der Waals surface area contributed by atoms with Gasteiger partial charge in [-0.2, -0.15) is 4.98 Å². The Morgan fingerprint density at radius 2 is 1.59 bits per heavy atom. The molecule has 0 fully saturated rings. The first-order chi connectivity index (χ1) is 18.6. The number of nitrogens with one attached hydrogen (secondary N) is 2. The molecule has 1 heterocycles. The van der Waals surface area contributed by atoms with Crippen LogP contribution in [0.15, 0.2) is 11.0 Å². The van der Waals surface area contributed by atoms with Crippen LogP contribution in [0.5, 0.6) is 0 Å². The normalized spacial score (nSPS) is 12.1. The predicted octanol–water partition coefficient (Wildman–Crippen LogP) is 3.83. The second-order valence-electron chi connectivity index (χ2n) is 11.9. The Bertz CT molecular complexity index is 1240. The summed E-state index contributed by atoms with van der Waals surface area (Å²) < 4.78 is 35.7. The van der Waals surface area contributed by atoms with Crippen molar-refractivity contribution in [3.05, 3.63) is 22.2 Å². The number of nitrogens with zero attached hydrogens (tertiary/aromatic N) is 2. The van der Waals surface area contributed by atoms with Gasteiger partial charge in [0, 0.05) is 12.6 Å². The quantitative estimate of drug-likeness (QED) is 0.230. The molecule has 230 valence electrons. The maximum absolute atomic E-state index is 13.3. The summed E-state index contributed by atoms with van der Waals surface area (Å²) in [4.78, 5) is 52.9. The second-order valence-corrected chi connectivity index (χ2v) is 14.0. The van der Waals surface area contributed by atoms with Crippen LogP contribution in [-0.2, 0) is 39.2 Å². The number of ether oxygens (including phenoxy) is 2. The van der Waals surface area contributed by atoms with E-state index in [4.69, 9.17) is 18.5 Å². The number of carbonyl (C=O) groups excluding carboxylic acids is 3. The van der Waals surface area contributed by atoms with Crippen LogP contribution < -0.4 is 16.3 Å². The number of hydrogen-bond donors (Lipinski definition) is 2. The Morgan fingerprint density at radius 1 is 1.00 bits per heavy atom. The molecule has 2 N–H and O–H groups in total. The van der Waals surface area contributed by atoms with Crippen LogP contribution in [-0.4, -0.2) is 63.6 Å². The lowest BCUT2D eigenvalue weighted by molar-refractivity contribution is -0.143. The van der Waals surface area contributed by atoms with Gasteiger partial charge in [0.15, 0.2) is 5.82 Å². The zero-order chi connectivity index (χ0) is 31.6. The fraction of sp³-hybridized carbons (Fsp3) is 0.667. The monoisotopic (exact) mass is 598 g/mol. The molecule has 13 nitrogen and oxygen atoms in total. The lowest BCUT2D eigenvalue weighted by Crippen LogP contribution is -2.31. The summed E-state index contributed by atoms with van der Waals surface area (Å²) in [6, 6.07) is 0. The number of hydrogen-bond acceptors (Lipinski definition) is 10. The van der Waals surface area contributed by atoms with Gasteiger partial charge in [-0.05, 0) is 69.2 Å². The van der Waals surface area contributed by atoms with Crippen LogP contribution in [0, 0.1) is 11.8 Å². The van der Waals surface area contributed by atoms with Crippen LogP contribution in [0.4, 0.5) is 10.6 Å². The predicted molar refractivity (Wildman–Crippen MR) is 154 cm³/mol. The fourth-order valence-electron chi connectivity index (χ4n) is 3.09. The van der Waals surface area contributed by atoms with Crippen molar-refractivity contribution in [1.82, 2.24) is 14.9 Å². The Balaban J connectivity index is 3.06. The summed E-state index contributed by atoms with van der Waals surface area (Å²) >= 11 is 0. The van der Waals surface area contributed by atoms with Crippen molar-refractivity contribution in [2.24, 2.45) is 0 Å². The Hall–Kier alpha value is -3.20. The molecule has 1 rings (SSSR count). The zero-order valence-electron chi connectivity index (χ0n) is 25.6. The van der Waals surface area contributed by atoms with Crippen molar-refractivity contribution < 1.29 is 37.5 Å². The lowest BCUT2D eigenvalue weighted by Gasteiger charge is -2.32. The van der Waals surface area contributed by atoms with Crippen LogP contribution in [0.1, 0.15) is 81.2 Å². The SMILES string of the molecule is CCOC(=O)Cn1cc(C#CCNC(=O)CCP(=O)(OC(C)(C)C)OC(C)(C)C)c(NC(=O)OC(C)(C)C)nc1=O. The van der Waals surface area contributed by atoms with Gasteiger partial charge in [0.2, 0.25) is 5.91 Å². The molecule has 0 aliphatic heterocycles. The van der Waals surface area contributed by atoms with E-state index in [1.54, 1.807) is 69.2 Å².